The van der Waals surface area contributed by atoms with Gasteiger partial charge in [-0.25, -0.2) is 19.7 Å². The van der Waals surface area contributed by atoms with Gasteiger partial charge in [-0.15, -0.1) is 0 Å². The van der Waals surface area contributed by atoms with Gasteiger partial charge in [0.15, 0.2) is 17.5 Å². The molecule has 22 heteroatoms. The Morgan fingerprint density at radius 2 is 1.28 bits per heavy atom. The summed E-state index contributed by atoms with van der Waals surface area (Å²) in [7, 11) is 8.17. The molecule has 6 heterocycles. The van der Waals surface area contributed by atoms with Crippen molar-refractivity contribution in [1.82, 2.24) is 48.0 Å². The van der Waals surface area contributed by atoms with Crippen molar-refractivity contribution in [1.29, 1.82) is 0 Å². The number of likely N-dealkylation sites (tertiary alicyclic amines) is 1. The Morgan fingerprint density at radius 1 is 0.690 bits per heavy atom. The van der Waals surface area contributed by atoms with Crippen LogP contribution >= 0.6 is 0 Å². The molecule has 0 spiro atoms. The van der Waals surface area contributed by atoms with Crippen molar-refractivity contribution in [3.8, 4) is 0 Å². The number of aromatic nitrogens is 8. The van der Waals surface area contributed by atoms with Crippen LogP contribution in [0.2, 0.25) is 0 Å². The van der Waals surface area contributed by atoms with Crippen LogP contribution in [0.25, 0.3) is 0 Å². The number of hydrogen-bond acceptors (Lipinski definition) is 11. The van der Waals surface area contributed by atoms with Crippen LogP contribution in [0.5, 0.6) is 0 Å². The summed E-state index contributed by atoms with van der Waals surface area (Å²) in [6, 6.07) is 3.01. The van der Waals surface area contributed by atoms with Gasteiger partial charge in [-0.3, -0.25) is 28.8 Å². The molecule has 6 rings (SSSR count). The summed E-state index contributed by atoms with van der Waals surface area (Å²) < 4.78 is 12.5. The molecule has 0 aromatic carbocycles. The zero-order valence-electron chi connectivity index (χ0n) is 32.5. The summed E-state index contributed by atoms with van der Waals surface area (Å²) in [5.74, 6) is -3.19. The highest BCUT2D eigenvalue weighted by molar-refractivity contribution is 6.05. The fourth-order valence-electron chi connectivity index (χ4n) is 6.10. The average Bonchev–Trinajstić information content (AvgIpc) is 3.97. The molecule has 0 atom stereocenters. The molecule has 58 heavy (non-hydrogen) atoms. The Morgan fingerprint density at radius 3 is 1.91 bits per heavy atom. The number of anilines is 4. The number of rotatable bonds is 14. The van der Waals surface area contributed by atoms with Crippen LogP contribution in [0.4, 0.5) is 23.0 Å². The zero-order valence-corrected chi connectivity index (χ0v) is 32.5. The Kier molecular flexibility index (Phi) is 11.6. The molecule has 5 N–H and O–H groups in total. The van der Waals surface area contributed by atoms with E-state index in [-0.39, 0.29) is 85.0 Å². The van der Waals surface area contributed by atoms with E-state index >= 15 is 0 Å². The third-order valence-electron chi connectivity index (χ3n) is 9.11. The minimum Gasteiger partial charge on any atom is -0.460 e. The molecular formula is C36H42N14O8. The van der Waals surface area contributed by atoms with Crippen LogP contribution in [0.15, 0.2) is 49.3 Å². The van der Waals surface area contributed by atoms with Gasteiger partial charge in [-0.2, -0.15) is 0 Å². The summed E-state index contributed by atoms with van der Waals surface area (Å²) in [6.07, 6.45) is 9.14. The third kappa shape index (κ3) is 8.79. The Labute approximate surface area is 330 Å². The summed E-state index contributed by atoms with van der Waals surface area (Å²) in [5, 5.41) is 13.4. The second kappa shape index (κ2) is 16.7. The van der Waals surface area contributed by atoms with E-state index in [9.17, 15) is 33.6 Å². The number of hydrogen-bond donors (Lipinski definition) is 5. The van der Waals surface area contributed by atoms with Crippen LogP contribution in [0, 0.1) is 5.92 Å². The van der Waals surface area contributed by atoms with Crippen LogP contribution < -0.4 is 26.6 Å². The fraction of sp³-hybridized carbons (Fsp3) is 0.333. The molecular weight excluding hydrogens is 756 g/mol. The number of carbonyl (C=O) groups excluding carboxylic acids is 7. The number of esters is 1. The largest absolute Gasteiger partial charge is 0.460 e. The highest BCUT2D eigenvalue weighted by Crippen LogP contribution is 2.23. The molecule has 1 fully saturated rings. The number of nitrogens with one attached hydrogen (secondary N) is 5. The van der Waals surface area contributed by atoms with E-state index in [2.05, 4.69) is 41.5 Å². The maximum atomic E-state index is 13.3. The Balaban J connectivity index is 0.949. The van der Waals surface area contributed by atoms with E-state index in [1.807, 2.05) is 0 Å². The van der Waals surface area contributed by atoms with Gasteiger partial charge < -0.3 is 59.1 Å². The van der Waals surface area contributed by atoms with E-state index in [1.165, 1.54) is 44.8 Å². The van der Waals surface area contributed by atoms with E-state index in [0.717, 1.165) is 0 Å². The Bertz CT molecular complexity index is 2420. The molecule has 5 aromatic rings. The molecule has 0 saturated carbocycles. The molecule has 0 aliphatic carbocycles. The quantitative estimate of drug-likeness (QED) is 0.0979. The Hall–Kier alpha value is -7.52. The summed E-state index contributed by atoms with van der Waals surface area (Å²) in [4.78, 5) is 103. The van der Waals surface area contributed by atoms with Crippen LogP contribution in [-0.2, 0) is 49.6 Å². The standard InChI is InChI=1S/C36H42N14O8/c1-7-58-36(57)30-43-26(19-49(30)6)44-31(52)20-14-50(15-20)35(56)24-13-22(17-47(24)4)40-34(55)29-42-25(18-48(29)5)41-27(51)8-9-38-32(53)23-12-21(16-46(23)3)39-33(54)28-37-10-11-45(28)2/h10-13,16-20H,7-9,14-15H2,1-6H3,(H,38,53)(H,39,54)(H,40,55)(H,41,51)(H,44,52). The smallest absolute Gasteiger partial charge is 0.374 e. The monoisotopic (exact) mass is 798 g/mol. The second-order valence-electron chi connectivity index (χ2n) is 13.5. The summed E-state index contributed by atoms with van der Waals surface area (Å²) in [6.45, 7) is 2.18. The van der Waals surface area contributed by atoms with Crippen molar-refractivity contribution < 1.29 is 38.3 Å². The van der Waals surface area contributed by atoms with E-state index in [1.54, 1.807) is 74.5 Å². The van der Waals surface area contributed by atoms with Crippen LogP contribution in [0.3, 0.4) is 0 Å². The van der Waals surface area contributed by atoms with Crippen LogP contribution in [0.1, 0.15) is 66.2 Å². The first-order valence-electron chi connectivity index (χ1n) is 18.0. The maximum Gasteiger partial charge on any atom is 0.374 e. The maximum absolute atomic E-state index is 13.3. The van der Waals surface area contributed by atoms with Crippen molar-refractivity contribution in [3.63, 3.8) is 0 Å². The van der Waals surface area contributed by atoms with Gasteiger partial charge in [-0.05, 0) is 19.1 Å². The SMILES string of the molecule is CCOC(=O)c1nc(NC(=O)C2CN(C(=O)c3cc(NC(=O)c4nc(NC(=O)CCNC(=O)c5cc(NC(=O)c6nccn6C)cn5C)cn4C)cn3C)C2)cn1C. The van der Waals surface area contributed by atoms with E-state index in [4.69, 9.17) is 4.74 Å². The van der Waals surface area contributed by atoms with Gasteiger partial charge in [0.2, 0.25) is 23.5 Å². The number of nitrogens with zero attached hydrogens (tertiary/aromatic N) is 9. The molecule has 22 nitrogen and oxygen atoms in total. The number of carbonyl (C=O) groups is 7. The first-order valence-corrected chi connectivity index (χ1v) is 18.0. The van der Waals surface area contributed by atoms with E-state index in [0.29, 0.717) is 11.4 Å². The lowest BCUT2D eigenvalue weighted by Crippen LogP contribution is -2.54. The lowest BCUT2D eigenvalue weighted by Gasteiger charge is -2.38. The molecule has 5 aromatic heterocycles. The number of imidazole rings is 3. The lowest BCUT2D eigenvalue weighted by atomic mass is 9.98. The fourth-order valence-corrected chi connectivity index (χ4v) is 6.10. The highest BCUT2D eigenvalue weighted by Gasteiger charge is 2.37. The minimum absolute atomic E-state index is 0.00415. The van der Waals surface area contributed by atoms with Crippen molar-refractivity contribution in [2.24, 2.45) is 41.2 Å². The summed E-state index contributed by atoms with van der Waals surface area (Å²) >= 11 is 0. The molecule has 1 saturated heterocycles. The van der Waals surface area contributed by atoms with Gasteiger partial charge in [-0.1, -0.05) is 0 Å². The van der Waals surface area contributed by atoms with Gasteiger partial charge in [0, 0.05) is 98.5 Å². The molecule has 1 aliphatic heterocycles. The average molecular weight is 799 g/mol. The highest BCUT2D eigenvalue weighted by atomic mass is 16.5. The third-order valence-corrected chi connectivity index (χ3v) is 9.11. The topological polar surface area (TPSA) is 255 Å². The minimum atomic E-state index is -0.609. The molecule has 0 radical (unpaired) electrons. The van der Waals surface area contributed by atoms with Crippen molar-refractivity contribution >= 4 is 64.4 Å². The zero-order chi connectivity index (χ0) is 41.8. The normalized spacial score (nSPS) is 12.4. The number of ether oxygens (including phenoxy) is 1. The molecule has 0 unspecified atom stereocenters. The second-order valence-corrected chi connectivity index (χ2v) is 13.5. The van der Waals surface area contributed by atoms with Gasteiger partial charge in [0.25, 0.3) is 23.6 Å². The van der Waals surface area contributed by atoms with Crippen LogP contribution in [-0.4, -0.2) is 110 Å². The van der Waals surface area contributed by atoms with Crippen molar-refractivity contribution in [2.45, 2.75) is 13.3 Å². The van der Waals surface area contributed by atoms with Gasteiger partial charge >= 0.3 is 5.97 Å². The molecule has 6 amide bonds. The van der Waals surface area contributed by atoms with Gasteiger partial charge in [0.05, 0.1) is 23.9 Å². The number of amides is 6. The predicted molar refractivity (Wildman–Crippen MR) is 206 cm³/mol. The predicted octanol–water partition coefficient (Wildman–Crippen LogP) is 0.715. The summed E-state index contributed by atoms with van der Waals surface area (Å²) in [5.41, 5.74) is 1.26. The van der Waals surface area contributed by atoms with Gasteiger partial charge in [0.1, 0.15) is 11.4 Å². The lowest BCUT2D eigenvalue weighted by molar-refractivity contribution is -0.123. The first kappa shape index (κ1) is 40.2. The molecule has 304 valence electrons. The molecule has 1 aliphatic rings. The van der Waals surface area contributed by atoms with Crippen molar-refractivity contribution in [2.75, 3.05) is 47.5 Å². The first-order chi connectivity index (χ1) is 27.6. The molecule has 0 bridgehead atoms. The van der Waals surface area contributed by atoms with Crippen molar-refractivity contribution in [3.05, 3.63) is 78.2 Å². The number of aryl methyl sites for hydroxylation is 5. The van der Waals surface area contributed by atoms with E-state index < -0.39 is 35.5 Å².